The summed E-state index contributed by atoms with van der Waals surface area (Å²) >= 11 is 0. The Morgan fingerprint density at radius 1 is 1.13 bits per heavy atom. The van der Waals surface area contributed by atoms with Crippen molar-refractivity contribution in [2.75, 3.05) is 26.2 Å². The van der Waals surface area contributed by atoms with Crippen molar-refractivity contribution in [2.24, 2.45) is 0 Å². The highest BCUT2D eigenvalue weighted by molar-refractivity contribution is 5.95. The third-order valence-corrected chi connectivity index (χ3v) is 5.64. The lowest BCUT2D eigenvalue weighted by Gasteiger charge is -2.33. The van der Waals surface area contributed by atoms with Crippen molar-refractivity contribution in [1.82, 2.24) is 10.2 Å². The van der Waals surface area contributed by atoms with E-state index in [-0.39, 0.29) is 11.7 Å². The lowest BCUT2D eigenvalue weighted by molar-refractivity contribution is 0.0773. The average Bonchev–Trinajstić information content (AvgIpc) is 3.23. The molecule has 2 N–H and O–H groups in total. The topological polar surface area (TPSA) is 61.8 Å². The van der Waals surface area contributed by atoms with Gasteiger partial charge in [0.25, 0.3) is 5.91 Å². The Labute approximate surface area is 179 Å². The molecule has 30 heavy (non-hydrogen) atoms. The molecule has 2 aliphatic heterocycles. The van der Waals surface area contributed by atoms with Crippen LogP contribution in [0.15, 0.2) is 48.5 Å². The van der Waals surface area contributed by atoms with Gasteiger partial charge in [-0.15, -0.1) is 0 Å². The number of phenols is 1. The summed E-state index contributed by atoms with van der Waals surface area (Å²) in [5.74, 6) is 0.939. The minimum absolute atomic E-state index is 0.0391. The molecule has 0 bridgehead atoms. The lowest BCUT2D eigenvalue weighted by Crippen LogP contribution is -2.38. The van der Waals surface area contributed by atoms with Gasteiger partial charge < -0.3 is 20.1 Å². The van der Waals surface area contributed by atoms with E-state index >= 15 is 0 Å². The Morgan fingerprint density at radius 2 is 1.83 bits per heavy atom. The Bertz CT molecular complexity index is 908. The van der Waals surface area contributed by atoms with E-state index in [1.165, 1.54) is 0 Å². The second kappa shape index (κ2) is 9.35. The Balaban J connectivity index is 0.00000124. The van der Waals surface area contributed by atoms with E-state index in [2.05, 4.69) is 11.4 Å². The number of phenolic OH excluding ortho intramolecular Hbond substituents is 1. The maximum atomic E-state index is 12.6. The van der Waals surface area contributed by atoms with Crippen molar-refractivity contribution < 1.29 is 14.6 Å². The fraction of sp³-hybridized carbons (Fsp3) is 0.400. The van der Waals surface area contributed by atoms with Crippen LogP contribution in [0.1, 0.15) is 55.6 Å². The summed E-state index contributed by atoms with van der Waals surface area (Å²) in [6.45, 7) is 11.0. The second-order valence-electron chi connectivity index (χ2n) is 7.36. The van der Waals surface area contributed by atoms with Gasteiger partial charge in [-0.1, -0.05) is 32.0 Å². The van der Waals surface area contributed by atoms with Gasteiger partial charge in [0.2, 0.25) is 0 Å². The number of hydrogen-bond donors (Lipinski definition) is 2. The van der Waals surface area contributed by atoms with Crippen LogP contribution >= 0.6 is 0 Å². The summed E-state index contributed by atoms with van der Waals surface area (Å²) in [6, 6.07) is 13.0. The molecule has 2 heterocycles. The zero-order chi connectivity index (χ0) is 21.7. The zero-order valence-corrected chi connectivity index (χ0v) is 18.4. The number of hydrogen-bond acceptors (Lipinski definition) is 4. The van der Waals surface area contributed by atoms with Gasteiger partial charge in [0.15, 0.2) is 0 Å². The molecule has 0 aromatic heterocycles. The summed E-state index contributed by atoms with van der Waals surface area (Å²) < 4.78 is 6.28. The maximum absolute atomic E-state index is 12.6. The second-order valence-corrected chi connectivity index (χ2v) is 7.36. The van der Waals surface area contributed by atoms with Crippen molar-refractivity contribution in [2.45, 2.75) is 39.7 Å². The quantitative estimate of drug-likeness (QED) is 0.784. The van der Waals surface area contributed by atoms with Crippen molar-refractivity contribution in [1.29, 1.82) is 0 Å². The van der Waals surface area contributed by atoms with Crippen LogP contribution in [0.5, 0.6) is 11.5 Å². The predicted octanol–water partition coefficient (Wildman–Crippen LogP) is 4.46. The monoisotopic (exact) mass is 408 g/mol. The molecule has 1 saturated heterocycles. The van der Waals surface area contributed by atoms with Gasteiger partial charge in [0.1, 0.15) is 17.1 Å². The van der Waals surface area contributed by atoms with Crippen molar-refractivity contribution in [3.05, 3.63) is 65.2 Å². The molecule has 0 aliphatic carbocycles. The van der Waals surface area contributed by atoms with E-state index in [1.54, 1.807) is 12.1 Å². The van der Waals surface area contributed by atoms with Crippen LogP contribution in [0.2, 0.25) is 0 Å². The van der Waals surface area contributed by atoms with Crippen LogP contribution in [0.3, 0.4) is 0 Å². The number of rotatable bonds is 4. The van der Waals surface area contributed by atoms with Crippen LogP contribution in [0.25, 0.3) is 5.57 Å². The number of nitrogens with zero attached hydrogens (tertiary/aromatic N) is 1. The Hall–Kier alpha value is -2.79. The molecule has 4 rings (SSSR count). The van der Waals surface area contributed by atoms with Gasteiger partial charge in [0, 0.05) is 31.6 Å². The number of fused-ring (bicyclic) bond motifs is 1. The van der Waals surface area contributed by atoms with Crippen LogP contribution in [-0.2, 0) is 0 Å². The maximum Gasteiger partial charge on any atom is 0.253 e. The number of aromatic hydroxyl groups is 1. The molecular weight excluding hydrogens is 376 g/mol. The van der Waals surface area contributed by atoms with Gasteiger partial charge in [-0.05, 0) is 61.9 Å². The first-order valence-corrected chi connectivity index (χ1v) is 10.9. The largest absolute Gasteiger partial charge is 0.507 e. The van der Waals surface area contributed by atoms with Crippen LogP contribution < -0.4 is 10.1 Å². The molecular formula is C25H32N2O3. The number of carbonyl (C=O) groups is 1. The minimum Gasteiger partial charge on any atom is -0.507 e. The summed E-state index contributed by atoms with van der Waals surface area (Å²) in [7, 11) is 0. The normalized spacial score (nSPS) is 19.3. The van der Waals surface area contributed by atoms with Crippen molar-refractivity contribution >= 4 is 11.5 Å². The zero-order valence-electron chi connectivity index (χ0n) is 18.4. The van der Waals surface area contributed by atoms with E-state index in [0.29, 0.717) is 30.0 Å². The van der Waals surface area contributed by atoms with E-state index < -0.39 is 5.60 Å². The van der Waals surface area contributed by atoms with Gasteiger partial charge in [-0.25, -0.2) is 0 Å². The predicted molar refractivity (Wildman–Crippen MR) is 121 cm³/mol. The van der Waals surface area contributed by atoms with E-state index in [9.17, 15) is 9.90 Å². The van der Waals surface area contributed by atoms with Gasteiger partial charge in [0.05, 0.1) is 5.56 Å². The van der Waals surface area contributed by atoms with Crippen LogP contribution in [0, 0.1) is 0 Å². The third kappa shape index (κ3) is 4.08. The van der Waals surface area contributed by atoms with E-state index in [0.717, 1.165) is 30.6 Å². The fourth-order valence-corrected chi connectivity index (χ4v) is 4.07. The van der Waals surface area contributed by atoms with Crippen molar-refractivity contribution in [3.8, 4) is 11.5 Å². The molecule has 1 spiro atoms. The Morgan fingerprint density at radius 3 is 2.43 bits per heavy atom. The first-order chi connectivity index (χ1) is 14.6. The highest BCUT2D eigenvalue weighted by Gasteiger charge is 2.39. The molecule has 5 heteroatoms. The van der Waals surface area contributed by atoms with Gasteiger partial charge in [-0.3, -0.25) is 4.79 Å². The van der Waals surface area contributed by atoms with Crippen LogP contribution in [-0.4, -0.2) is 47.7 Å². The highest BCUT2D eigenvalue weighted by Crippen LogP contribution is 2.45. The standard InChI is InChI=1S/C23H26N2O3.C2H6/c1-3-25(4-2)22(27)17-10-8-16(9-11-17)18-14-23(12-13-24-15-23)28-20-7-5-6-19(26)21(18)20;1-2/h5-11,14,24,26H,3-4,12-13,15H2,1-2H3;1-2H3. The first-order valence-electron chi connectivity index (χ1n) is 10.9. The molecule has 2 aromatic rings. The third-order valence-electron chi connectivity index (χ3n) is 5.64. The molecule has 160 valence electrons. The number of ether oxygens (including phenoxy) is 1. The number of carbonyl (C=O) groups excluding carboxylic acids is 1. The molecule has 1 atom stereocenters. The number of amides is 1. The molecule has 2 aliphatic rings. The lowest BCUT2D eigenvalue weighted by atomic mass is 9.87. The molecule has 2 aromatic carbocycles. The smallest absolute Gasteiger partial charge is 0.253 e. The first kappa shape index (κ1) is 21.9. The molecule has 5 nitrogen and oxygen atoms in total. The van der Waals surface area contributed by atoms with Gasteiger partial charge >= 0.3 is 0 Å². The number of benzene rings is 2. The fourth-order valence-electron chi connectivity index (χ4n) is 4.07. The summed E-state index contributed by atoms with van der Waals surface area (Å²) in [6.07, 6.45) is 3.00. The van der Waals surface area contributed by atoms with E-state index in [1.807, 2.05) is 62.9 Å². The minimum atomic E-state index is -0.397. The Kier molecular flexibility index (Phi) is 6.83. The van der Waals surface area contributed by atoms with Crippen LogP contribution in [0.4, 0.5) is 0 Å². The summed E-state index contributed by atoms with van der Waals surface area (Å²) in [5, 5.41) is 13.9. The summed E-state index contributed by atoms with van der Waals surface area (Å²) in [4.78, 5) is 14.4. The SMILES string of the molecule is CC.CCN(CC)C(=O)c1ccc(C2=CC3(CCNC3)Oc3cccc(O)c32)cc1. The molecule has 1 amide bonds. The molecule has 1 unspecified atom stereocenters. The average molecular weight is 409 g/mol. The van der Waals surface area contributed by atoms with E-state index in [4.69, 9.17) is 4.74 Å². The van der Waals surface area contributed by atoms with Gasteiger partial charge in [-0.2, -0.15) is 0 Å². The van der Waals surface area contributed by atoms with Crippen molar-refractivity contribution in [3.63, 3.8) is 0 Å². The molecule has 0 saturated carbocycles. The highest BCUT2D eigenvalue weighted by atomic mass is 16.5. The molecule has 0 radical (unpaired) electrons. The molecule has 1 fully saturated rings. The summed E-state index contributed by atoms with van der Waals surface area (Å²) in [5.41, 5.74) is 2.90. The number of nitrogens with one attached hydrogen (secondary N) is 1.